The van der Waals surface area contributed by atoms with Crippen molar-refractivity contribution in [2.24, 2.45) is 17.6 Å². The number of hydrogen-bond donors (Lipinski definition) is 2. The Morgan fingerprint density at radius 1 is 1.25 bits per heavy atom. The fourth-order valence-corrected chi connectivity index (χ4v) is 4.21. The van der Waals surface area contributed by atoms with Crippen LogP contribution in [0.1, 0.15) is 48.5 Å². The first-order valence-corrected chi connectivity index (χ1v) is 10.1. The zero-order valence-corrected chi connectivity index (χ0v) is 16.9. The topological polar surface area (TPSA) is 77.2 Å². The quantitative estimate of drug-likeness (QED) is 0.769. The fraction of sp³-hybridized carbons (Fsp3) is 0.478. The van der Waals surface area contributed by atoms with Crippen molar-refractivity contribution in [2.45, 2.75) is 45.1 Å². The van der Waals surface area contributed by atoms with E-state index < -0.39 is 0 Å². The molecule has 2 aromatic rings. The van der Waals surface area contributed by atoms with Crippen molar-refractivity contribution in [1.82, 2.24) is 10.3 Å². The summed E-state index contributed by atoms with van der Waals surface area (Å²) in [6, 6.07) is 11.7. The second-order valence-corrected chi connectivity index (χ2v) is 7.80. The Labute approximate surface area is 167 Å². The van der Waals surface area contributed by atoms with Crippen LogP contribution >= 0.6 is 0 Å². The number of carbonyl (C=O) groups is 1. The SMILES string of the molecule is COc1ccc(CC(=O)N[C@@H](c2ccccn2)C2CCC(CN)CC2)cc1C. The third-order valence-corrected chi connectivity index (χ3v) is 5.84. The lowest BCUT2D eigenvalue weighted by Crippen LogP contribution is -2.37. The van der Waals surface area contributed by atoms with Crippen molar-refractivity contribution in [1.29, 1.82) is 0 Å². The Morgan fingerprint density at radius 3 is 2.64 bits per heavy atom. The van der Waals surface area contributed by atoms with Gasteiger partial charge in [0.15, 0.2) is 0 Å². The summed E-state index contributed by atoms with van der Waals surface area (Å²) in [5.41, 5.74) is 8.81. The van der Waals surface area contributed by atoms with Gasteiger partial charge in [-0.15, -0.1) is 0 Å². The average Bonchev–Trinajstić information content (AvgIpc) is 2.73. The van der Waals surface area contributed by atoms with Gasteiger partial charge in [-0.3, -0.25) is 9.78 Å². The van der Waals surface area contributed by atoms with Gasteiger partial charge in [0.25, 0.3) is 0 Å². The van der Waals surface area contributed by atoms with E-state index in [1.807, 2.05) is 43.3 Å². The minimum Gasteiger partial charge on any atom is -0.496 e. The summed E-state index contributed by atoms with van der Waals surface area (Å²) in [7, 11) is 1.66. The number of amides is 1. The zero-order chi connectivity index (χ0) is 19.9. The minimum atomic E-state index is -0.0493. The lowest BCUT2D eigenvalue weighted by Gasteiger charge is -2.33. The predicted molar refractivity (Wildman–Crippen MR) is 111 cm³/mol. The number of nitrogens with zero attached hydrogens (tertiary/aromatic N) is 1. The van der Waals surface area contributed by atoms with Crippen LogP contribution in [0.2, 0.25) is 0 Å². The van der Waals surface area contributed by atoms with Gasteiger partial charge < -0.3 is 15.8 Å². The number of aryl methyl sites for hydroxylation is 1. The first-order chi connectivity index (χ1) is 13.6. The van der Waals surface area contributed by atoms with E-state index in [2.05, 4.69) is 10.3 Å². The van der Waals surface area contributed by atoms with E-state index in [-0.39, 0.29) is 11.9 Å². The molecule has 1 aliphatic carbocycles. The Balaban J connectivity index is 1.70. The molecule has 0 spiro atoms. The highest BCUT2D eigenvalue weighted by Gasteiger charge is 2.30. The van der Waals surface area contributed by atoms with Crippen molar-refractivity contribution in [3.63, 3.8) is 0 Å². The molecule has 1 saturated carbocycles. The van der Waals surface area contributed by atoms with Crippen molar-refractivity contribution in [3.05, 3.63) is 59.4 Å². The molecule has 1 atom stereocenters. The maximum Gasteiger partial charge on any atom is 0.224 e. The molecular formula is C23H31N3O2. The number of methoxy groups -OCH3 is 1. The van der Waals surface area contributed by atoms with Gasteiger partial charge in [0.1, 0.15) is 5.75 Å². The number of ether oxygens (including phenoxy) is 1. The molecule has 0 radical (unpaired) electrons. The lowest BCUT2D eigenvalue weighted by atomic mass is 9.77. The number of aromatic nitrogens is 1. The van der Waals surface area contributed by atoms with Crippen LogP contribution < -0.4 is 15.8 Å². The van der Waals surface area contributed by atoms with Crippen molar-refractivity contribution >= 4 is 5.91 Å². The third kappa shape index (κ3) is 5.10. The van der Waals surface area contributed by atoms with Gasteiger partial charge in [-0.25, -0.2) is 0 Å². The van der Waals surface area contributed by atoms with E-state index in [0.29, 0.717) is 18.3 Å². The highest BCUT2D eigenvalue weighted by atomic mass is 16.5. The highest BCUT2D eigenvalue weighted by Crippen LogP contribution is 2.36. The van der Waals surface area contributed by atoms with Crippen LogP contribution in [0.3, 0.4) is 0 Å². The van der Waals surface area contributed by atoms with E-state index in [9.17, 15) is 4.79 Å². The second-order valence-electron chi connectivity index (χ2n) is 7.80. The molecule has 5 nitrogen and oxygen atoms in total. The second kappa shape index (κ2) is 9.69. The average molecular weight is 382 g/mol. The summed E-state index contributed by atoms with van der Waals surface area (Å²) in [6.07, 6.45) is 6.55. The molecule has 0 saturated heterocycles. The zero-order valence-electron chi connectivity index (χ0n) is 16.9. The fourth-order valence-electron chi connectivity index (χ4n) is 4.21. The molecule has 1 aromatic heterocycles. The summed E-state index contributed by atoms with van der Waals surface area (Å²) >= 11 is 0. The monoisotopic (exact) mass is 381 g/mol. The summed E-state index contributed by atoms with van der Waals surface area (Å²) in [6.45, 7) is 2.75. The number of nitrogens with one attached hydrogen (secondary N) is 1. The number of nitrogens with two attached hydrogens (primary N) is 1. The van der Waals surface area contributed by atoms with Crippen LogP contribution in [0.5, 0.6) is 5.75 Å². The number of carbonyl (C=O) groups excluding carboxylic acids is 1. The number of hydrogen-bond acceptors (Lipinski definition) is 4. The number of pyridine rings is 1. The van der Waals surface area contributed by atoms with E-state index in [4.69, 9.17) is 10.5 Å². The molecule has 1 aromatic carbocycles. The minimum absolute atomic E-state index is 0.0289. The van der Waals surface area contributed by atoms with Crippen LogP contribution in [0, 0.1) is 18.8 Å². The smallest absolute Gasteiger partial charge is 0.224 e. The summed E-state index contributed by atoms with van der Waals surface area (Å²) < 4.78 is 5.31. The molecular weight excluding hydrogens is 350 g/mol. The van der Waals surface area contributed by atoms with Gasteiger partial charge in [0.05, 0.1) is 25.3 Å². The maximum absolute atomic E-state index is 12.8. The summed E-state index contributed by atoms with van der Waals surface area (Å²) in [4.78, 5) is 17.4. The van der Waals surface area contributed by atoms with E-state index in [1.54, 1.807) is 13.3 Å². The molecule has 1 amide bonds. The molecule has 28 heavy (non-hydrogen) atoms. The lowest BCUT2D eigenvalue weighted by molar-refractivity contribution is -0.121. The van der Waals surface area contributed by atoms with Gasteiger partial charge in [-0.05, 0) is 80.3 Å². The Morgan fingerprint density at radius 2 is 2.04 bits per heavy atom. The van der Waals surface area contributed by atoms with Crippen molar-refractivity contribution < 1.29 is 9.53 Å². The standard InChI is InChI=1S/C23H31N3O2/c1-16-13-18(8-11-21(16)28-2)14-22(27)26-23(20-5-3-4-12-25-20)19-9-6-17(15-24)7-10-19/h3-5,8,11-13,17,19,23H,6-7,9-10,14-15,24H2,1-2H3,(H,26,27)/t17?,19?,23-/m1/s1. The molecule has 3 N–H and O–H groups in total. The molecule has 150 valence electrons. The molecule has 1 heterocycles. The first kappa shape index (κ1) is 20.3. The van der Waals surface area contributed by atoms with Gasteiger partial charge in [-0.1, -0.05) is 18.2 Å². The Bertz CT molecular complexity index is 771. The van der Waals surface area contributed by atoms with Crippen LogP contribution in [-0.4, -0.2) is 24.5 Å². The molecule has 0 unspecified atom stereocenters. The molecule has 5 heteroatoms. The van der Waals surface area contributed by atoms with Gasteiger partial charge in [0.2, 0.25) is 5.91 Å². The summed E-state index contributed by atoms with van der Waals surface area (Å²) in [5.74, 6) is 1.88. The van der Waals surface area contributed by atoms with Crippen LogP contribution in [0.25, 0.3) is 0 Å². The molecule has 1 fully saturated rings. The predicted octanol–water partition coefficient (Wildman–Crippen LogP) is 3.56. The van der Waals surface area contributed by atoms with Gasteiger partial charge in [-0.2, -0.15) is 0 Å². The van der Waals surface area contributed by atoms with E-state index >= 15 is 0 Å². The Hall–Kier alpha value is -2.40. The third-order valence-electron chi connectivity index (χ3n) is 5.84. The molecule has 1 aliphatic rings. The number of rotatable bonds is 7. The Kier molecular flexibility index (Phi) is 7.04. The normalized spacial score (nSPS) is 20.4. The highest BCUT2D eigenvalue weighted by molar-refractivity contribution is 5.79. The van der Waals surface area contributed by atoms with Crippen molar-refractivity contribution in [2.75, 3.05) is 13.7 Å². The molecule has 0 aliphatic heterocycles. The van der Waals surface area contributed by atoms with E-state index in [0.717, 1.165) is 54.8 Å². The van der Waals surface area contributed by atoms with Gasteiger partial charge in [0, 0.05) is 6.20 Å². The first-order valence-electron chi connectivity index (χ1n) is 10.1. The van der Waals surface area contributed by atoms with Crippen LogP contribution in [-0.2, 0) is 11.2 Å². The van der Waals surface area contributed by atoms with Crippen molar-refractivity contribution in [3.8, 4) is 5.75 Å². The summed E-state index contributed by atoms with van der Waals surface area (Å²) in [5, 5.41) is 3.27. The largest absolute Gasteiger partial charge is 0.496 e. The number of benzene rings is 1. The van der Waals surface area contributed by atoms with Crippen LogP contribution in [0.4, 0.5) is 0 Å². The maximum atomic E-state index is 12.8. The van der Waals surface area contributed by atoms with Gasteiger partial charge >= 0.3 is 0 Å². The van der Waals surface area contributed by atoms with Crippen LogP contribution in [0.15, 0.2) is 42.6 Å². The molecule has 3 rings (SSSR count). The van der Waals surface area contributed by atoms with E-state index in [1.165, 1.54) is 0 Å². The molecule has 0 bridgehead atoms.